The lowest BCUT2D eigenvalue weighted by atomic mass is 10.2. The van der Waals surface area contributed by atoms with Crippen molar-refractivity contribution in [2.75, 3.05) is 25.0 Å². The van der Waals surface area contributed by atoms with E-state index in [-0.39, 0.29) is 0 Å². The predicted molar refractivity (Wildman–Crippen MR) is 85.9 cm³/mol. The van der Waals surface area contributed by atoms with Gasteiger partial charge in [-0.25, -0.2) is 0 Å². The van der Waals surface area contributed by atoms with Crippen molar-refractivity contribution in [3.63, 3.8) is 0 Å². The van der Waals surface area contributed by atoms with Gasteiger partial charge in [0.25, 0.3) is 0 Å². The van der Waals surface area contributed by atoms with Crippen LogP contribution < -0.4 is 5.32 Å². The van der Waals surface area contributed by atoms with Gasteiger partial charge in [-0.3, -0.25) is 4.90 Å². The van der Waals surface area contributed by atoms with Gasteiger partial charge in [-0.2, -0.15) is 0 Å². The Bertz CT molecular complexity index is 332. The Hall–Kier alpha value is -1.02. The third kappa shape index (κ3) is 6.11. The number of hydrogen-bond donors (Lipinski definition) is 1. The van der Waals surface area contributed by atoms with E-state index >= 15 is 0 Å². The van der Waals surface area contributed by atoms with Gasteiger partial charge >= 0.3 is 0 Å². The highest BCUT2D eigenvalue weighted by Crippen LogP contribution is 2.09. The summed E-state index contributed by atoms with van der Waals surface area (Å²) in [5.41, 5.74) is 2.54. The SMILES string of the molecule is CCCCN(CCNc1ccc(C)cc1)C(C)CC. The summed E-state index contributed by atoms with van der Waals surface area (Å²) in [5.74, 6) is 0. The van der Waals surface area contributed by atoms with Gasteiger partial charge in [-0.05, 0) is 45.4 Å². The first kappa shape index (κ1) is 16.0. The minimum Gasteiger partial charge on any atom is -0.384 e. The van der Waals surface area contributed by atoms with E-state index in [0.717, 1.165) is 13.1 Å². The zero-order chi connectivity index (χ0) is 14.1. The van der Waals surface area contributed by atoms with E-state index in [1.54, 1.807) is 0 Å². The van der Waals surface area contributed by atoms with E-state index < -0.39 is 0 Å². The van der Waals surface area contributed by atoms with Crippen molar-refractivity contribution in [1.82, 2.24) is 4.90 Å². The summed E-state index contributed by atoms with van der Waals surface area (Å²) in [6.45, 7) is 12.4. The number of aryl methyl sites for hydroxylation is 1. The van der Waals surface area contributed by atoms with Crippen molar-refractivity contribution in [2.45, 2.75) is 53.0 Å². The van der Waals surface area contributed by atoms with Gasteiger partial charge < -0.3 is 5.32 Å². The molecule has 0 aliphatic carbocycles. The number of hydrogen-bond acceptors (Lipinski definition) is 2. The maximum atomic E-state index is 3.52. The Balaban J connectivity index is 2.36. The molecule has 0 radical (unpaired) electrons. The molecule has 0 bridgehead atoms. The topological polar surface area (TPSA) is 15.3 Å². The van der Waals surface area contributed by atoms with Crippen molar-refractivity contribution >= 4 is 5.69 Å². The maximum Gasteiger partial charge on any atom is 0.0340 e. The van der Waals surface area contributed by atoms with E-state index in [4.69, 9.17) is 0 Å². The minimum atomic E-state index is 0.686. The lowest BCUT2D eigenvalue weighted by Crippen LogP contribution is -2.37. The van der Waals surface area contributed by atoms with Gasteiger partial charge in [0.2, 0.25) is 0 Å². The molecular formula is C17H30N2. The van der Waals surface area contributed by atoms with Crippen LogP contribution in [0.25, 0.3) is 0 Å². The highest BCUT2D eigenvalue weighted by Gasteiger charge is 2.10. The first-order chi connectivity index (χ1) is 9.17. The molecule has 0 aliphatic heterocycles. The van der Waals surface area contributed by atoms with Crippen LogP contribution in [0, 0.1) is 6.92 Å². The highest BCUT2D eigenvalue weighted by atomic mass is 15.2. The third-order valence-electron chi connectivity index (χ3n) is 3.79. The molecule has 2 nitrogen and oxygen atoms in total. The van der Waals surface area contributed by atoms with Crippen molar-refractivity contribution < 1.29 is 0 Å². The Morgan fingerprint density at radius 2 is 1.79 bits per heavy atom. The smallest absolute Gasteiger partial charge is 0.0340 e. The second kappa shape index (κ2) is 8.98. The van der Waals surface area contributed by atoms with Crippen LogP contribution in [0.4, 0.5) is 5.69 Å². The van der Waals surface area contributed by atoms with Gasteiger partial charge in [-0.15, -0.1) is 0 Å². The first-order valence-electron chi connectivity index (χ1n) is 7.72. The molecule has 1 unspecified atom stereocenters. The summed E-state index contributed by atoms with van der Waals surface area (Å²) in [7, 11) is 0. The normalized spacial score (nSPS) is 12.7. The number of unbranched alkanes of at least 4 members (excludes halogenated alkanes) is 1. The number of nitrogens with one attached hydrogen (secondary N) is 1. The molecule has 0 aliphatic rings. The molecule has 1 aromatic rings. The summed E-state index contributed by atoms with van der Waals surface area (Å²) >= 11 is 0. The zero-order valence-corrected chi connectivity index (χ0v) is 13.1. The average Bonchev–Trinajstić information content (AvgIpc) is 2.43. The van der Waals surface area contributed by atoms with E-state index in [2.05, 4.69) is 62.2 Å². The van der Waals surface area contributed by atoms with E-state index in [1.165, 1.54) is 37.1 Å². The first-order valence-corrected chi connectivity index (χ1v) is 7.72. The second-order valence-electron chi connectivity index (χ2n) is 5.44. The molecule has 0 fully saturated rings. The molecule has 19 heavy (non-hydrogen) atoms. The number of nitrogens with zero attached hydrogens (tertiary/aromatic N) is 1. The van der Waals surface area contributed by atoms with Gasteiger partial charge in [0.15, 0.2) is 0 Å². The standard InChI is InChI=1S/C17H30N2/c1-5-7-13-19(16(4)6-2)14-12-18-17-10-8-15(3)9-11-17/h8-11,16,18H,5-7,12-14H2,1-4H3. The lowest BCUT2D eigenvalue weighted by molar-refractivity contribution is 0.208. The molecule has 108 valence electrons. The molecule has 0 spiro atoms. The zero-order valence-electron chi connectivity index (χ0n) is 13.1. The van der Waals surface area contributed by atoms with Gasteiger partial charge in [-0.1, -0.05) is 38.0 Å². The van der Waals surface area contributed by atoms with Crippen LogP contribution in [-0.4, -0.2) is 30.6 Å². The van der Waals surface area contributed by atoms with Crippen LogP contribution in [0.15, 0.2) is 24.3 Å². The summed E-state index contributed by atoms with van der Waals surface area (Å²) < 4.78 is 0. The summed E-state index contributed by atoms with van der Waals surface area (Å²) in [6.07, 6.45) is 3.81. The van der Waals surface area contributed by atoms with Crippen molar-refractivity contribution in [3.05, 3.63) is 29.8 Å². The van der Waals surface area contributed by atoms with Gasteiger partial charge in [0.1, 0.15) is 0 Å². The van der Waals surface area contributed by atoms with E-state index in [1.807, 2.05) is 0 Å². The molecule has 1 aromatic carbocycles. The lowest BCUT2D eigenvalue weighted by Gasteiger charge is -2.28. The molecule has 0 saturated carbocycles. The number of benzene rings is 1. The molecule has 0 saturated heterocycles. The third-order valence-corrected chi connectivity index (χ3v) is 3.79. The molecule has 1 N–H and O–H groups in total. The molecular weight excluding hydrogens is 232 g/mol. The minimum absolute atomic E-state index is 0.686. The van der Waals surface area contributed by atoms with Crippen molar-refractivity contribution in [1.29, 1.82) is 0 Å². The monoisotopic (exact) mass is 262 g/mol. The summed E-state index contributed by atoms with van der Waals surface area (Å²) in [4.78, 5) is 2.60. The maximum absolute atomic E-state index is 3.52. The highest BCUT2D eigenvalue weighted by molar-refractivity contribution is 5.44. The largest absolute Gasteiger partial charge is 0.384 e. The molecule has 1 rings (SSSR count). The van der Waals surface area contributed by atoms with E-state index in [9.17, 15) is 0 Å². The molecule has 0 heterocycles. The molecule has 2 heteroatoms. The molecule has 1 atom stereocenters. The second-order valence-corrected chi connectivity index (χ2v) is 5.44. The van der Waals surface area contributed by atoms with Crippen LogP contribution in [0.1, 0.15) is 45.6 Å². The van der Waals surface area contributed by atoms with Crippen LogP contribution >= 0.6 is 0 Å². The van der Waals surface area contributed by atoms with Crippen molar-refractivity contribution in [2.24, 2.45) is 0 Å². The Kier molecular flexibility index (Phi) is 7.57. The summed E-state index contributed by atoms with van der Waals surface area (Å²) in [5, 5.41) is 3.52. The molecule has 0 amide bonds. The fourth-order valence-corrected chi connectivity index (χ4v) is 2.19. The Labute approximate surface area is 119 Å². The Morgan fingerprint density at radius 1 is 1.11 bits per heavy atom. The van der Waals surface area contributed by atoms with Crippen LogP contribution in [0.5, 0.6) is 0 Å². The fourth-order valence-electron chi connectivity index (χ4n) is 2.19. The van der Waals surface area contributed by atoms with Crippen LogP contribution in [0.2, 0.25) is 0 Å². The average molecular weight is 262 g/mol. The van der Waals surface area contributed by atoms with Gasteiger partial charge in [0.05, 0.1) is 0 Å². The van der Waals surface area contributed by atoms with Crippen LogP contribution in [-0.2, 0) is 0 Å². The number of anilines is 1. The van der Waals surface area contributed by atoms with E-state index in [0.29, 0.717) is 6.04 Å². The van der Waals surface area contributed by atoms with Gasteiger partial charge in [0, 0.05) is 24.8 Å². The Morgan fingerprint density at radius 3 is 2.37 bits per heavy atom. The summed E-state index contributed by atoms with van der Waals surface area (Å²) in [6, 6.07) is 9.33. The molecule has 0 aromatic heterocycles. The van der Waals surface area contributed by atoms with Crippen LogP contribution in [0.3, 0.4) is 0 Å². The fraction of sp³-hybridized carbons (Fsp3) is 0.647. The predicted octanol–water partition coefficient (Wildman–Crippen LogP) is 4.31. The quantitative estimate of drug-likeness (QED) is 0.713. The van der Waals surface area contributed by atoms with Crippen molar-refractivity contribution in [3.8, 4) is 0 Å². The number of rotatable bonds is 9.